The second-order valence-electron chi connectivity index (χ2n) is 5.17. The van der Waals surface area contributed by atoms with Crippen molar-refractivity contribution in [2.75, 3.05) is 0 Å². The summed E-state index contributed by atoms with van der Waals surface area (Å²) in [7, 11) is 0. The van der Waals surface area contributed by atoms with Crippen molar-refractivity contribution in [3.05, 3.63) is 71.0 Å². The summed E-state index contributed by atoms with van der Waals surface area (Å²) in [6.45, 7) is 0. The number of aromatic nitrogens is 2. The van der Waals surface area contributed by atoms with Gasteiger partial charge in [0.1, 0.15) is 5.56 Å². The summed E-state index contributed by atoms with van der Waals surface area (Å²) in [4.78, 5) is 11.1. The van der Waals surface area contributed by atoms with Gasteiger partial charge >= 0.3 is 12.1 Å². The number of hydrogen-bond donors (Lipinski definition) is 1. The van der Waals surface area contributed by atoms with Gasteiger partial charge in [-0.2, -0.15) is 18.3 Å². The van der Waals surface area contributed by atoms with Crippen LogP contribution in [0.25, 0.3) is 16.8 Å². The van der Waals surface area contributed by atoms with Gasteiger partial charge in [0.25, 0.3) is 0 Å². The summed E-state index contributed by atoms with van der Waals surface area (Å²) in [5.74, 6) is -1.69. The molecule has 3 rings (SSSR count). The lowest BCUT2D eigenvalue weighted by molar-refractivity contribution is -0.141. The van der Waals surface area contributed by atoms with Gasteiger partial charge in [0, 0.05) is 16.8 Å². The Balaban J connectivity index is 2.11. The highest BCUT2D eigenvalue weighted by Crippen LogP contribution is 2.32. The van der Waals surface area contributed by atoms with Crippen LogP contribution in [0.5, 0.6) is 0 Å². The summed E-state index contributed by atoms with van der Waals surface area (Å²) < 4.78 is 39.8. The van der Waals surface area contributed by atoms with Gasteiger partial charge in [-0.3, -0.25) is 0 Å². The summed E-state index contributed by atoms with van der Waals surface area (Å²) in [5, 5.41) is 12.9. The first kappa shape index (κ1) is 17.0. The molecule has 0 aliphatic rings. The van der Waals surface area contributed by atoms with Crippen LogP contribution >= 0.6 is 11.6 Å². The van der Waals surface area contributed by atoms with Crippen molar-refractivity contribution in [3.8, 4) is 16.8 Å². The molecule has 0 radical (unpaired) electrons. The van der Waals surface area contributed by atoms with Crippen molar-refractivity contribution < 1.29 is 23.1 Å². The van der Waals surface area contributed by atoms with E-state index < -0.39 is 23.4 Å². The highest BCUT2D eigenvalue weighted by molar-refractivity contribution is 6.33. The molecule has 0 atom stereocenters. The van der Waals surface area contributed by atoms with Crippen LogP contribution in [0.2, 0.25) is 5.02 Å². The Morgan fingerprint density at radius 3 is 2.44 bits per heavy atom. The molecule has 1 heterocycles. The lowest BCUT2D eigenvalue weighted by atomic mass is 10.1. The zero-order valence-corrected chi connectivity index (χ0v) is 13.2. The minimum atomic E-state index is -4.86. The molecule has 0 unspecified atom stereocenters. The van der Waals surface area contributed by atoms with E-state index in [0.29, 0.717) is 16.1 Å². The number of carboxylic acids is 1. The normalized spacial score (nSPS) is 11.5. The Hall–Kier alpha value is -2.80. The first-order valence-electron chi connectivity index (χ1n) is 7.03. The number of rotatable bonds is 3. The van der Waals surface area contributed by atoms with Crippen molar-refractivity contribution in [3.63, 3.8) is 0 Å². The molecular formula is C17H10ClF3N2O2. The van der Waals surface area contributed by atoms with Crippen molar-refractivity contribution in [2.45, 2.75) is 6.18 Å². The van der Waals surface area contributed by atoms with Gasteiger partial charge in [-0.1, -0.05) is 41.9 Å². The van der Waals surface area contributed by atoms with Crippen LogP contribution in [0.1, 0.15) is 16.1 Å². The fourth-order valence-corrected chi connectivity index (χ4v) is 2.63. The number of hydrogen-bond acceptors (Lipinski definition) is 2. The molecular weight excluding hydrogens is 357 g/mol. The summed E-state index contributed by atoms with van der Waals surface area (Å²) >= 11 is 6.14. The number of carboxylic acid groups (broad SMARTS) is 1. The third kappa shape index (κ3) is 3.36. The van der Waals surface area contributed by atoms with Gasteiger partial charge in [0.2, 0.25) is 0 Å². The van der Waals surface area contributed by atoms with E-state index in [-0.39, 0.29) is 5.69 Å². The Morgan fingerprint density at radius 2 is 1.84 bits per heavy atom. The molecule has 4 nitrogen and oxygen atoms in total. The Morgan fingerprint density at radius 1 is 1.12 bits per heavy atom. The zero-order chi connectivity index (χ0) is 18.2. The molecule has 1 aromatic heterocycles. The number of alkyl halides is 3. The standard InChI is InChI=1S/C17H10ClF3N2O2/c18-14-7-2-1-6-12(14)10-4-3-5-11(8-10)23-9-13(16(24)25)15(22-23)17(19,20)21/h1-9H,(H,24,25). The predicted octanol–water partition coefficient (Wildman–Crippen LogP) is 4.91. The van der Waals surface area contributed by atoms with Crippen molar-refractivity contribution >= 4 is 17.6 Å². The van der Waals surface area contributed by atoms with Crippen LogP contribution in [-0.4, -0.2) is 20.9 Å². The van der Waals surface area contributed by atoms with Crippen molar-refractivity contribution in [1.29, 1.82) is 0 Å². The van der Waals surface area contributed by atoms with Gasteiger partial charge in [-0.05, 0) is 23.8 Å². The maximum absolute atomic E-state index is 13.0. The minimum absolute atomic E-state index is 0.287. The quantitative estimate of drug-likeness (QED) is 0.716. The average Bonchev–Trinajstić information content (AvgIpc) is 3.01. The summed E-state index contributed by atoms with van der Waals surface area (Å²) in [6, 6.07) is 13.5. The van der Waals surface area contributed by atoms with Gasteiger partial charge < -0.3 is 5.11 Å². The van der Waals surface area contributed by atoms with E-state index in [0.717, 1.165) is 10.9 Å². The molecule has 0 fully saturated rings. The fraction of sp³-hybridized carbons (Fsp3) is 0.0588. The SMILES string of the molecule is O=C(O)c1cn(-c2cccc(-c3ccccc3Cl)c2)nc1C(F)(F)F. The van der Waals surface area contributed by atoms with E-state index in [1.807, 2.05) is 0 Å². The van der Waals surface area contributed by atoms with E-state index in [9.17, 15) is 18.0 Å². The first-order valence-corrected chi connectivity index (χ1v) is 7.40. The maximum atomic E-state index is 13.0. The largest absolute Gasteiger partial charge is 0.478 e. The summed E-state index contributed by atoms with van der Waals surface area (Å²) in [6.07, 6.45) is -4.02. The second kappa shape index (κ2) is 6.25. The van der Waals surface area contributed by atoms with Crippen molar-refractivity contribution in [2.24, 2.45) is 0 Å². The minimum Gasteiger partial charge on any atom is -0.478 e. The van der Waals surface area contributed by atoms with Crippen LogP contribution in [0.4, 0.5) is 13.2 Å². The number of nitrogens with zero attached hydrogens (tertiary/aromatic N) is 2. The smallest absolute Gasteiger partial charge is 0.436 e. The van der Waals surface area contributed by atoms with Crippen molar-refractivity contribution in [1.82, 2.24) is 9.78 Å². The molecule has 1 N–H and O–H groups in total. The average molecular weight is 367 g/mol. The molecule has 0 saturated heterocycles. The molecule has 3 aromatic rings. The highest BCUT2D eigenvalue weighted by Gasteiger charge is 2.39. The van der Waals surface area contributed by atoms with Gasteiger partial charge in [-0.15, -0.1) is 0 Å². The van der Waals surface area contributed by atoms with Gasteiger partial charge in [0.05, 0.1) is 5.69 Å². The van der Waals surface area contributed by atoms with Crippen LogP contribution in [-0.2, 0) is 6.18 Å². The molecule has 8 heteroatoms. The molecule has 0 saturated carbocycles. The van der Waals surface area contributed by atoms with E-state index in [2.05, 4.69) is 5.10 Å². The Bertz CT molecular complexity index is 951. The molecule has 2 aromatic carbocycles. The molecule has 0 amide bonds. The number of aromatic carboxylic acids is 1. The topological polar surface area (TPSA) is 55.1 Å². The number of halogens is 4. The van der Waals surface area contributed by atoms with Crippen LogP contribution in [0, 0.1) is 0 Å². The molecule has 128 valence electrons. The first-order chi connectivity index (χ1) is 11.8. The highest BCUT2D eigenvalue weighted by atomic mass is 35.5. The number of carbonyl (C=O) groups is 1. The maximum Gasteiger partial charge on any atom is 0.436 e. The Kier molecular flexibility index (Phi) is 4.26. The zero-order valence-electron chi connectivity index (χ0n) is 12.5. The fourth-order valence-electron chi connectivity index (χ4n) is 2.38. The third-order valence-electron chi connectivity index (χ3n) is 3.51. The molecule has 25 heavy (non-hydrogen) atoms. The van der Waals surface area contributed by atoms with E-state index in [1.165, 1.54) is 6.07 Å². The van der Waals surface area contributed by atoms with E-state index in [4.69, 9.17) is 16.7 Å². The third-order valence-corrected chi connectivity index (χ3v) is 3.84. The second-order valence-corrected chi connectivity index (χ2v) is 5.58. The van der Waals surface area contributed by atoms with Crippen LogP contribution in [0.3, 0.4) is 0 Å². The predicted molar refractivity (Wildman–Crippen MR) is 86.0 cm³/mol. The van der Waals surface area contributed by atoms with Gasteiger partial charge in [-0.25, -0.2) is 9.48 Å². The Labute approximate surface area is 145 Å². The van der Waals surface area contributed by atoms with Crippen LogP contribution in [0.15, 0.2) is 54.7 Å². The summed E-state index contributed by atoms with van der Waals surface area (Å²) in [5.41, 5.74) is -0.689. The van der Waals surface area contributed by atoms with E-state index in [1.54, 1.807) is 42.5 Å². The number of benzene rings is 2. The molecule has 0 aliphatic heterocycles. The van der Waals surface area contributed by atoms with Crippen LogP contribution < -0.4 is 0 Å². The molecule has 0 aliphatic carbocycles. The molecule has 0 bridgehead atoms. The van der Waals surface area contributed by atoms with E-state index >= 15 is 0 Å². The lowest BCUT2D eigenvalue weighted by Gasteiger charge is -2.07. The molecule has 0 spiro atoms. The lowest BCUT2D eigenvalue weighted by Crippen LogP contribution is -2.12. The van der Waals surface area contributed by atoms with Gasteiger partial charge in [0.15, 0.2) is 5.69 Å². The monoisotopic (exact) mass is 366 g/mol.